The molecule has 0 aromatic carbocycles. The van der Waals surface area contributed by atoms with Crippen LogP contribution in [0.1, 0.15) is 6.42 Å². The minimum atomic E-state index is -0.250. The van der Waals surface area contributed by atoms with Gasteiger partial charge in [0, 0.05) is 19.1 Å². The highest BCUT2D eigenvalue weighted by atomic mass is 19.1. The van der Waals surface area contributed by atoms with Crippen molar-refractivity contribution in [1.82, 2.24) is 10.2 Å². The minimum Gasteiger partial charge on any atom is -0.310 e. The highest BCUT2D eigenvalue weighted by Gasteiger charge is 2.17. The fourth-order valence-electron chi connectivity index (χ4n) is 1.36. The summed E-state index contributed by atoms with van der Waals surface area (Å²) in [5, 5.41) is 3.14. The highest BCUT2D eigenvalue weighted by Crippen LogP contribution is 2.04. The van der Waals surface area contributed by atoms with E-state index in [0.717, 1.165) is 19.5 Å². The maximum atomic E-state index is 11.7. The smallest absolute Gasteiger partial charge is 0.102 e. The number of nitrogens with zero attached hydrogens (tertiary/aromatic N) is 1. The number of likely N-dealkylation sites (N-methyl/N-ethyl adjacent to an activating group) is 1. The number of hydrogen-bond donors (Lipinski definition) is 1. The molecular formula is C7H15FN2. The van der Waals surface area contributed by atoms with Gasteiger partial charge in [0.15, 0.2) is 0 Å². The van der Waals surface area contributed by atoms with Crippen LogP contribution < -0.4 is 5.32 Å². The zero-order valence-corrected chi connectivity index (χ0v) is 6.44. The van der Waals surface area contributed by atoms with Gasteiger partial charge in [-0.2, -0.15) is 0 Å². The molecule has 1 aliphatic heterocycles. The second kappa shape index (κ2) is 3.88. The first-order valence-corrected chi connectivity index (χ1v) is 3.81. The zero-order chi connectivity index (χ0) is 7.40. The molecule has 10 heavy (non-hydrogen) atoms. The number of rotatable bonds is 3. The van der Waals surface area contributed by atoms with E-state index in [4.69, 9.17) is 0 Å². The first-order valence-electron chi connectivity index (χ1n) is 3.81. The van der Waals surface area contributed by atoms with Crippen molar-refractivity contribution in [2.24, 2.45) is 0 Å². The van der Waals surface area contributed by atoms with E-state index in [2.05, 4.69) is 17.3 Å². The normalized spacial score (nSPS) is 27.6. The Morgan fingerprint density at radius 3 is 3.00 bits per heavy atom. The number of alkyl halides is 1. The highest BCUT2D eigenvalue weighted by molar-refractivity contribution is 4.78. The van der Waals surface area contributed by atoms with Crippen molar-refractivity contribution in [3.63, 3.8) is 0 Å². The van der Waals surface area contributed by atoms with E-state index in [9.17, 15) is 4.39 Å². The molecular weight excluding hydrogens is 131 g/mol. The zero-order valence-electron chi connectivity index (χ0n) is 6.44. The van der Waals surface area contributed by atoms with Crippen molar-refractivity contribution >= 4 is 0 Å². The molecule has 0 saturated carbocycles. The maximum absolute atomic E-state index is 11.7. The van der Waals surface area contributed by atoms with Crippen LogP contribution in [0, 0.1) is 0 Å². The summed E-state index contributed by atoms with van der Waals surface area (Å²) in [5.74, 6) is 0. The van der Waals surface area contributed by atoms with Crippen molar-refractivity contribution < 1.29 is 4.39 Å². The van der Waals surface area contributed by atoms with Crippen LogP contribution in [-0.4, -0.2) is 44.3 Å². The van der Waals surface area contributed by atoms with Crippen LogP contribution in [0.2, 0.25) is 0 Å². The summed E-state index contributed by atoms with van der Waals surface area (Å²) in [5.41, 5.74) is 0. The van der Waals surface area contributed by atoms with Gasteiger partial charge in [0.2, 0.25) is 0 Å². The summed E-state index contributed by atoms with van der Waals surface area (Å²) in [6, 6.07) is 0.528. The molecule has 3 heteroatoms. The van der Waals surface area contributed by atoms with Gasteiger partial charge in [-0.3, -0.25) is 0 Å². The van der Waals surface area contributed by atoms with Crippen molar-refractivity contribution in [3.8, 4) is 0 Å². The molecule has 1 saturated heterocycles. The maximum Gasteiger partial charge on any atom is 0.102 e. The lowest BCUT2D eigenvalue weighted by Gasteiger charge is -2.10. The molecule has 0 aromatic rings. The van der Waals surface area contributed by atoms with Crippen LogP contribution in [0.5, 0.6) is 0 Å². The van der Waals surface area contributed by atoms with Gasteiger partial charge in [-0.1, -0.05) is 0 Å². The summed E-state index contributed by atoms with van der Waals surface area (Å²) >= 11 is 0. The molecule has 1 aliphatic rings. The molecule has 0 bridgehead atoms. The molecule has 0 spiro atoms. The SMILES string of the molecule is CN1CCC(NCCF)C1. The van der Waals surface area contributed by atoms with Gasteiger partial charge in [0.1, 0.15) is 6.67 Å². The Kier molecular flexibility index (Phi) is 3.09. The molecule has 1 N–H and O–H groups in total. The fraction of sp³-hybridized carbons (Fsp3) is 1.00. The van der Waals surface area contributed by atoms with Crippen LogP contribution in [0.15, 0.2) is 0 Å². The van der Waals surface area contributed by atoms with Gasteiger partial charge in [-0.05, 0) is 20.0 Å². The first-order chi connectivity index (χ1) is 4.83. The number of hydrogen-bond acceptors (Lipinski definition) is 2. The van der Waals surface area contributed by atoms with E-state index in [1.807, 2.05) is 0 Å². The summed E-state index contributed by atoms with van der Waals surface area (Å²) < 4.78 is 11.7. The molecule has 0 amide bonds. The molecule has 0 aliphatic carbocycles. The third kappa shape index (κ3) is 2.23. The monoisotopic (exact) mass is 146 g/mol. The van der Waals surface area contributed by atoms with Gasteiger partial charge in [-0.15, -0.1) is 0 Å². The molecule has 0 aromatic heterocycles. The second-order valence-electron chi connectivity index (χ2n) is 2.89. The van der Waals surface area contributed by atoms with Gasteiger partial charge >= 0.3 is 0 Å². The van der Waals surface area contributed by atoms with Gasteiger partial charge in [0.05, 0.1) is 0 Å². The molecule has 0 radical (unpaired) electrons. The lowest BCUT2D eigenvalue weighted by Crippen LogP contribution is -2.32. The molecule has 1 heterocycles. The van der Waals surface area contributed by atoms with E-state index in [0.29, 0.717) is 12.6 Å². The Bertz CT molecular complexity index is 97.6. The molecule has 60 valence electrons. The second-order valence-corrected chi connectivity index (χ2v) is 2.89. The summed E-state index contributed by atoms with van der Waals surface area (Å²) in [6.45, 7) is 2.47. The van der Waals surface area contributed by atoms with E-state index < -0.39 is 0 Å². The number of nitrogens with one attached hydrogen (secondary N) is 1. The Morgan fingerprint density at radius 1 is 1.70 bits per heavy atom. The third-order valence-corrected chi connectivity index (χ3v) is 1.92. The van der Waals surface area contributed by atoms with Crippen LogP contribution in [0.25, 0.3) is 0 Å². The predicted octanol–water partition coefficient (Wildman–Crippen LogP) is 0.250. The van der Waals surface area contributed by atoms with Crippen molar-refractivity contribution in [1.29, 1.82) is 0 Å². The van der Waals surface area contributed by atoms with E-state index in [1.54, 1.807) is 0 Å². The summed E-state index contributed by atoms with van der Waals surface area (Å²) in [7, 11) is 2.09. The third-order valence-electron chi connectivity index (χ3n) is 1.92. The molecule has 1 rings (SSSR count). The summed E-state index contributed by atoms with van der Waals surface area (Å²) in [4.78, 5) is 2.26. The predicted molar refractivity (Wildman–Crippen MR) is 39.9 cm³/mol. The van der Waals surface area contributed by atoms with Gasteiger partial charge in [0.25, 0.3) is 0 Å². The lowest BCUT2D eigenvalue weighted by molar-refractivity contribution is 0.387. The van der Waals surface area contributed by atoms with Gasteiger partial charge in [-0.25, -0.2) is 4.39 Å². The van der Waals surface area contributed by atoms with E-state index >= 15 is 0 Å². The molecule has 1 atom stereocenters. The Balaban J connectivity index is 2.06. The molecule has 1 unspecified atom stereocenters. The van der Waals surface area contributed by atoms with Gasteiger partial charge < -0.3 is 10.2 Å². The van der Waals surface area contributed by atoms with Crippen molar-refractivity contribution in [2.75, 3.05) is 33.4 Å². The standard InChI is InChI=1S/C7H15FN2/c1-10-5-2-7(6-10)9-4-3-8/h7,9H,2-6H2,1H3. The van der Waals surface area contributed by atoms with Crippen LogP contribution in [0.4, 0.5) is 4.39 Å². The Morgan fingerprint density at radius 2 is 2.50 bits per heavy atom. The van der Waals surface area contributed by atoms with Crippen LogP contribution in [0.3, 0.4) is 0 Å². The number of likely N-dealkylation sites (tertiary alicyclic amines) is 1. The Hall–Kier alpha value is -0.150. The molecule has 2 nitrogen and oxygen atoms in total. The van der Waals surface area contributed by atoms with Crippen LogP contribution in [-0.2, 0) is 0 Å². The van der Waals surface area contributed by atoms with Crippen LogP contribution >= 0.6 is 0 Å². The van der Waals surface area contributed by atoms with Crippen molar-refractivity contribution in [3.05, 3.63) is 0 Å². The molecule has 1 fully saturated rings. The Labute approximate surface area is 61.4 Å². The summed E-state index contributed by atoms with van der Waals surface area (Å²) in [6.07, 6.45) is 1.16. The minimum absolute atomic E-state index is 0.250. The number of halogens is 1. The average molecular weight is 146 g/mol. The quantitative estimate of drug-likeness (QED) is 0.614. The lowest BCUT2D eigenvalue weighted by atomic mass is 10.3. The van der Waals surface area contributed by atoms with E-state index in [-0.39, 0.29) is 6.67 Å². The average Bonchev–Trinajstić information content (AvgIpc) is 2.31. The van der Waals surface area contributed by atoms with E-state index in [1.165, 1.54) is 0 Å². The van der Waals surface area contributed by atoms with Crippen molar-refractivity contribution in [2.45, 2.75) is 12.5 Å². The fourth-order valence-corrected chi connectivity index (χ4v) is 1.36. The largest absolute Gasteiger partial charge is 0.310 e. The topological polar surface area (TPSA) is 15.3 Å². The first kappa shape index (κ1) is 7.95.